The third kappa shape index (κ3) is 5.17. The molecule has 21 heavy (non-hydrogen) atoms. The van der Waals surface area contributed by atoms with Crippen molar-refractivity contribution in [3.8, 4) is 0 Å². The minimum Gasteiger partial charge on any atom is -0.356 e. The Morgan fingerprint density at radius 2 is 2.05 bits per heavy atom. The van der Waals surface area contributed by atoms with Gasteiger partial charge in [-0.3, -0.25) is 4.79 Å². The van der Waals surface area contributed by atoms with Crippen LogP contribution in [0.4, 0.5) is 0 Å². The van der Waals surface area contributed by atoms with E-state index in [0.717, 1.165) is 38.0 Å². The van der Waals surface area contributed by atoms with Crippen molar-refractivity contribution in [2.24, 2.45) is 5.41 Å². The van der Waals surface area contributed by atoms with E-state index in [0.29, 0.717) is 22.9 Å². The Morgan fingerprint density at radius 3 is 2.71 bits per heavy atom. The maximum atomic E-state index is 12.0. The molecule has 1 aliphatic rings. The second kappa shape index (κ2) is 7.48. The van der Waals surface area contributed by atoms with Gasteiger partial charge in [0, 0.05) is 23.0 Å². The number of hydrogen-bond acceptors (Lipinski definition) is 2. The fourth-order valence-corrected chi connectivity index (χ4v) is 3.08. The third-order valence-corrected chi connectivity index (χ3v) is 4.75. The Kier molecular flexibility index (Phi) is 5.91. The van der Waals surface area contributed by atoms with Crippen molar-refractivity contribution < 1.29 is 4.79 Å². The van der Waals surface area contributed by atoms with Gasteiger partial charge in [-0.15, -0.1) is 0 Å². The van der Waals surface area contributed by atoms with Crippen LogP contribution in [0, 0.1) is 5.41 Å². The normalized spacial score (nSPS) is 17.5. The molecule has 0 radical (unpaired) electrons. The van der Waals surface area contributed by atoms with Crippen molar-refractivity contribution in [3.05, 3.63) is 33.8 Å². The van der Waals surface area contributed by atoms with Crippen LogP contribution in [0.3, 0.4) is 0 Å². The van der Waals surface area contributed by atoms with Gasteiger partial charge in [0.2, 0.25) is 5.91 Å². The monoisotopic (exact) mass is 328 g/mol. The molecule has 1 aliphatic heterocycles. The molecular formula is C16H22Cl2N2O. The number of nitrogens with one attached hydrogen (secondary N) is 2. The van der Waals surface area contributed by atoms with Gasteiger partial charge in [-0.05, 0) is 55.5 Å². The number of hydrogen-bond donors (Lipinski definition) is 2. The average Bonchev–Trinajstić information content (AvgIpc) is 2.45. The zero-order valence-corrected chi connectivity index (χ0v) is 13.9. The zero-order chi connectivity index (χ0) is 15.3. The molecule has 1 saturated heterocycles. The van der Waals surface area contributed by atoms with Crippen LogP contribution < -0.4 is 10.6 Å². The predicted molar refractivity (Wildman–Crippen MR) is 88.0 cm³/mol. The summed E-state index contributed by atoms with van der Waals surface area (Å²) in [5.41, 5.74) is 1.18. The van der Waals surface area contributed by atoms with E-state index in [-0.39, 0.29) is 11.3 Å². The van der Waals surface area contributed by atoms with Crippen LogP contribution in [-0.2, 0) is 11.2 Å². The van der Waals surface area contributed by atoms with Gasteiger partial charge >= 0.3 is 0 Å². The van der Waals surface area contributed by atoms with Crippen LogP contribution in [0.2, 0.25) is 10.0 Å². The summed E-state index contributed by atoms with van der Waals surface area (Å²) in [5, 5.41) is 7.65. The van der Waals surface area contributed by atoms with Crippen molar-refractivity contribution in [2.75, 3.05) is 19.6 Å². The Morgan fingerprint density at radius 1 is 1.33 bits per heavy atom. The van der Waals surface area contributed by atoms with Gasteiger partial charge in [-0.25, -0.2) is 0 Å². The Labute approximate surface area is 136 Å². The van der Waals surface area contributed by atoms with Crippen LogP contribution in [0.5, 0.6) is 0 Å². The van der Waals surface area contributed by atoms with Crippen molar-refractivity contribution >= 4 is 29.1 Å². The highest BCUT2D eigenvalue weighted by Crippen LogP contribution is 2.27. The van der Waals surface area contributed by atoms with Crippen LogP contribution in [0.15, 0.2) is 18.2 Å². The highest BCUT2D eigenvalue weighted by atomic mass is 35.5. The fourth-order valence-electron chi connectivity index (χ4n) is 2.58. The summed E-state index contributed by atoms with van der Waals surface area (Å²) < 4.78 is 0. The molecule has 1 heterocycles. The number of piperidine rings is 1. The molecule has 0 aromatic heterocycles. The Bertz CT molecular complexity index is 499. The summed E-state index contributed by atoms with van der Waals surface area (Å²) in [4.78, 5) is 12.0. The maximum absolute atomic E-state index is 12.0. The molecule has 0 spiro atoms. The maximum Gasteiger partial charge on any atom is 0.220 e. The minimum atomic E-state index is 0.0841. The topological polar surface area (TPSA) is 41.1 Å². The standard InChI is InChI=1S/C16H22Cl2N2O/c1-16(6-8-19-9-7-16)11-20-15(21)5-3-12-2-4-13(17)10-14(12)18/h2,4,10,19H,3,5-9,11H2,1H3,(H,20,21). The van der Waals surface area contributed by atoms with Crippen LogP contribution in [0.1, 0.15) is 31.7 Å². The van der Waals surface area contributed by atoms with Crippen molar-refractivity contribution in [2.45, 2.75) is 32.6 Å². The van der Waals surface area contributed by atoms with E-state index in [1.165, 1.54) is 0 Å². The van der Waals surface area contributed by atoms with Crippen molar-refractivity contribution in [1.82, 2.24) is 10.6 Å². The summed E-state index contributed by atoms with van der Waals surface area (Å²) in [6.45, 7) is 5.06. The van der Waals surface area contributed by atoms with Crippen molar-refractivity contribution in [3.63, 3.8) is 0 Å². The van der Waals surface area contributed by atoms with Crippen LogP contribution >= 0.6 is 23.2 Å². The quantitative estimate of drug-likeness (QED) is 0.869. The number of rotatable bonds is 5. The minimum absolute atomic E-state index is 0.0841. The van der Waals surface area contributed by atoms with Gasteiger partial charge in [0.1, 0.15) is 0 Å². The highest BCUT2D eigenvalue weighted by molar-refractivity contribution is 6.35. The molecule has 1 amide bonds. The highest BCUT2D eigenvalue weighted by Gasteiger charge is 2.26. The molecule has 5 heteroatoms. The van der Waals surface area contributed by atoms with E-state index in [1.54, 1.807) is 12.1 Å². The lowest BCUT2D eigenvalue weighted by molar-refractivity contribution is -0.121. The number of benzene rings is 1. The lowest BCUT2D eigenvalue weighted by atomic mass is 9.81. The fraction of sp³-hybridized carbons (Fsp3) is 0.562. The van der Waals surface area contributed by atoms with Crippen LogP contribution in [-0.4, -0.2) is 25.5 Å². The second-order valence-electron chi connectivity index (χ2n) is 6.07. The van der Waals surface area contributed by atoms with E-state index in [4.69, 9.17) is 23.2 Å². The third-order valence-electron chi connectivity index (χ3n) is 4.16. The lowest BCUT2D eigenvalue weighted by Gasteiger charge is -2.34. The number of carbonyl (C=O) groups is 1. The van der Waals surface area contributed by atoms with Gasteiger partial charge in [-0.2, -0.15) is 0 Å². The number of halogens is 2. The first-order valence-corrected chi connectivity index (χ1v) is 8.15. The Balaban J connectivity index is 1.77. The molecule has 0 bridgehead atoms. The zero-order valence-electron chi connectivity index (χ0n) is 12.3. The molecule has 0 aliphatic carbocycles. The molecule has 1 fully saturated rings. The molecule has 1 aromatic rings. The van der Waals surface area contributed by atoms with Crippen LogP contribution in [0.25, 0.3) is 0 Å². The molecule has 1 aromatic carbocycles. The molecule has 2 rings (SSSR count). The first kappa shape index (κ1) is 16.6. The Hall–Kier alpha value is -0.770. The molecule has 0 atom stereocenters. The molecular weight excluding hydrogens is 307 g/mol. The summed E-state index contributed by atoms with van der Waals surface area (Å²) in [6, 6.07) is 5.40. The SMILES string of the molecule is CC1(CNC(=O)CCc2ccc(Cl)cc2Cl)CCNCC1. The first-order valence-electron chi connectivity index (χ1n) is 7.40. The first-order chi connectivity index (χ1) is 9.98. The van der Waals surface area contributed by atoms with E-state index in [9.17, 15) is 4.79 Å². The molecule has 2 N–H and O–H groups in total. The summed E-state index contributed by atoms with van der Waals surface area (Å²) >= 11 is 12.0. The predicted octanol–water partition coefficient (Wildman–Crippen LogP) is 3.43. The number of carbonyl (C=O) groups excluding carboxylic acids is 1. The van der Waals surface area contributed by atoms with Gasteiger partial charge in [0.15, 0.2) is 0 Å². The molecule has 0 unspecified atom stereocenters. The average molecular weight is 329 g/mol. The second-order valence-corrected chi connectivity index (χ2v) is 6.92. The largest absolute Gasteiger partial charge is 0.356 e. The van der Waals surface area contributed by atoms with Gasteiger partial charge < -0.3 is 10.6 Å². The van der Waals surface area contributed by atoms with Gasteiger partial charge in [0.25, 0.3) is 0 Å². The molecule has 3 nitrogen and oxygen atoms in total. The van der Waals surface area contributed by atoms with Crippen molar-refractivity contribution in [1.29, 1.82) is 0 Å². The molecule has 116 valence electrons. The van der Waals surface area contributed by atoms with E-state index in [2.05, 4.69) is 17.6 Å². The smallest absolute Gasteiger partial charge is 0.220 e. The van der Waals surface area contributed by atoms with E-state index < -0.39 is 0 Å². The van der Waals surface area contributed by atoms with Gasteiger partial charge in [-0.1, -0.05) is 36.2 Å². The lowest BCUT2D eigenvalue weighted by Crippen LogP contribution is -2.42. The summed E-state index contributed by atoms with van der Waals surface area (Å²) in [7, 11) is 0. The van der Waals surface area contributed by atoms with E-state index >= 15 is 0 Å². The summed E-state index contributed by atoms with van der Waals surface area (Å²) in [5.74, 6) is 0.0841. The van der Waals surface area contributed by atoms with Gasteiger partial charge in [0.05, 0.1) is 0 Å². The van der Waals surface area contributed by atoms with E-state index in [1.807, 2.05) is 6.07 Å². The summed E-state index contributed by atoms with van der Waals surface area (Å²) in [6.07, 6.45) is 3.31. The number of amides is 1. The molecule has 0 saturated carbocycles. The number of aryl methyl sites for hydroxylation is 1.